The van der Waals surface area contributed by atoms with Gasteiger partial charge >= 0.3 is 11.9 Å². The number of rotatable bonds is 31. The molecule has 0 fully saturated rings. The predicted octanol–water partition coefficient (Wildman–Crippen LogP) is 9.41. The maximum Gasteiger partial charge on any atom is 0.314 e. The number of allylic oxidation sites excluding steroid dienone is 2. The van der Waals surface area contributed by atoms with Gasteiger partial charge < -0.3 is 24.8 Å². The van der Waals surface area contributed by atoms with Gasteiger partial charge in [-0.2, -0.15) is 0 Å². The highest BCUT2D eigenvalue weighted by Gasteiger charge is 2.39. The number of nitrogens with one attached hydrogen (secondary N) is 2. The van der Waals surface area contributed by atoms with Gasteiger partial charge in [-0.15, -0.1) is 0 Å². The molecule has 8 nitrogen and oxygen atoms in total. The van der Waals surface area contributed by atoms with Crippen molar-refractivity contribution >= 4 is 17.8 Å². The fourth-order valence-corrected chi connectivity index (χ4v) is 5.76. The maximum absolute atomic E-state index is 13.2. The zero-order chi connectivity index (χ0) is 37.5. The van der Waals surface area contributed by atoms with Crippen LogP contribution in [-0.2, 0) is 41.8 Å². The van der Waals surface area contributed by atoms with Crippen molar-refractivity contribution in [3.63, 3.8) is 0 Å². The van der Waals surface area contributed by atoms with E-state index in [4.69, 9.17) is 14.2 Å². The van der Waals surface area contributed by atoms with Crippen LogP contribution in [0.4, 0.5) is 0 Å². The van der Waals surface area contributed by atoms with Gasteiger partial charge in [0, 0.05) is 26.1 Å². The molecule has 52 heavy (non-hydrogen) atoms. The molecule has 1 amide bonds. The molecule has 0 bridgehead atoms. The lowest BCUT2D eigenvalue weighted by atomic mass is 9.86. The largest absolute Gasteiger partial charge is 0.466 e. The summed E-state index contributed by atoms with van der Waals surface area (Å²) < 4.78 is 17.3. The molecule has 0 radical (unpaired) electrons. The second kappa shape index (κ2) is 29.0. The Bertz CT molecular complexity index is 1230. The van der Waals surface area contributed by atoms with Gasteiger partial charge in [-0.05, 0) is 63.5 Å². The Morgan fingerprint density at radius 1 is 0.673 bits per heavy atom. The van der Waals surface area contributed by atoms with Crippen LogP contribution < -0.4 is 10.6 Å². The van der Waals surface area contributed by atoms with Crippen LogP contribution in [0.5, 0.6) is 0 Å². The lowest BCUT2D eigenvalue weighted by Crippen LogP contribution is -2.46. The number of unbranched alkanes of at least 4 members (excludes halogenated alkanes) is 11. The van der Waals surface area contributed by atoms with Crippen LogP contribution in [0.25, 0.3) is 0 Å². The first-order valence-corrected chi connectivity index (χ1v) is 20.0. The minimum atomic E-state index is -0.939. The summed E-state index contributed by atoms with van der Waals surface area (Å²) in [6, 6.07) is 19.4. The van der Waals surface area contributed by atoms with E-state index < -0.39 is 11.5 Å². The molecule has 0 saturated heterocycles. The number of benzene rings is 2. The van der Waals surface area contributed by atoms with Crippen molar-refractivity contribution in [3.05, 3.63) is 83.9 Å². The minimum Gasteiger partial charge on any atom is -0.466 e. The molecular formula is C44H68N2O6. The number of esters is 2. The highest BCUT2D eigenvalue weighted by atomic mass is 16.5. The Labute approximate surface area is 314 Å². The van der Waals surface area contributed by atoms with Gasteiger partial charge in [-0.25, -0.2) is 0 Å². The van der Waals surface area contributed by atoms with Crippen LogP contribution in [0, 0.1) is 5.41 Å². The third kappa shape index (κ3) is 21.8. The van der Waals surface area contributed by atoms with Crippen molar-refractivity contribution in [3.8, 4) is 0 Å². The second-order valence-electron chi connectivity index (χ2n) is 14.3. The van der Waals surface area contributed by atoms with Crippen LogP contribution in [-0.4, -0.2) is 50.2 Å². The number of hydrogen-bond donors (Lipinski definition) is 2. The van der Waals surface area contributed by atoms with Crippen molar-refractivity contribution < 1.29 is 28.6 Å². The zero-order valence-electron chi connectivity index (χ0n) is 32.5. The number of amides is 1. The molecule has 8 heteroatoms. The van der Waals surface area contributed by atoms with Crippen LogP contribution in [0.15, 0.2) is 72.8 Å². The number of carbonyl (C=O) groups is 3. The average Bonchev–Trinajstić information content (AvgIpc) is 3.15. The van der Waals surface area contributed by atoms with Crippen LogP contribution >= 0.6 is 0 Å². The molecule has 2 aromatic carbocycles. The summed E-state index contributed by atoms with van der Waals surface area (Å²) in [6.07, 6.45) is 21.6. The smallest absolute Gasteiger partial charge is 0.314 e. The molecule has 0 heterocycles. The Kier molecular flexibility index (Phi) is 24.9. The van der Waals surface area contributed by atoms with Crippen LogP contribution in [0.2, 0.25) is 0 Å². The third-order valence-corrected chi connectivity index (χ3v) is 9.25. The number of ether oxygens (including phenoxy) is 3. The Balaban J connectivity index is 1.53. The standard InChI is InChI=1S/C44H68N2O6/c1-4-5-6-7-8-9-10-11-12-13-14-15-16-17-24-30-41(47)46-32-25-34-50-42(48)31-33-45-35-40(51-36-38-26-20-18-21-27-38)44(2,3)43(49)52-37-39-28-22-19-23-29-39/h11-12,18-23,26-29,40,45H,4-10,13-17,24-25,30-37H2,1-3H3,(H,46,47)/b12-11-. The van der Waals surface area contributed by atoms with Crippen LogP contribution in [0.3, 0.4) is 0 Å². The van der Waals surface area contributed by atoms with E-state index in [1.165, 1.54) is 64.2 Å². The van der Waals surface area contributed by atoms with Crippen molar-refractivity contribution in [2.75, 3.05) is 26.2 Å². The molecule has 290 valence electrons. The average molecular weight is 721 g/mol. The minimum absolute atomic E-state index is 0.0593. The van der Waals surface area contributed by atoms with E-state index in [2.05, 4.69) is 29.7 Å². The number of carbonyl (C=O) groups excluding carboxylic acids is 3. The summed E-state index contributed by atoms with van der Waals surface area (Å²) in [5.41, 5.74) is 0.982. The molecule has 0 aliphatic carbocycles. The first-order valence-electron chi connectivity index (χ1n) is 20.0. The van der Waals surface area contributed by atoms with E-state index in [-0.39, 0.29) is 37.5 Å². The van der Waals surface area contributed by atoms with E-state index in [0.717, 1.165) is 30.4 Å². The summed E-state index contributed by atoms with van der Waals surface area (Å²) in [7, 11) is 0. The molecule has 0 aliphatic rings. The molecule has 2 rings (SSSR count). The van der Waals surface area contributed by atoms with Gasteiger partial charge in [-0.3, -0.25) is 14.4 Å². The second-order valence-corrected chi connectivity index (χ2v) is 14.3. The van der Waals surface area contributed by atoms with Gasteiger partial charge in [0.2, 0.25) is 5.91 Å². The first-order chi connectivity index (χ1) is 25.3. The lowest BCUT2D eigenvalue weighted by molar-refractivity contribution is -0.165. The third-order valence-electron chi connectivity index (χ3n) is 9.25. The van der Waals surface area contributed by atoms with Gasteiger partial charge in [0.1, 0.15) is 6.61 Å². The Morgan fingerprint density at radius 3 is 1.88 bits per heavy atom. The van der Waals surface area contributed by atoms with Crippen molar-refractivity contribution in [1.29, 1.82) is 0 Å². The molecule has 0 saturated carbocycles. The SMILES string of the molecule is CCCCCCCC/C=C\CCCCCCCC(=O)NCCCOC(=O)CCNCC(OCc1ccccc1)C(C)(C)C(=O)OCc1ccccc1. The van der Waals surface area contributed by atoms with E-state index >= 15 is 0 Å². The first kappa shape index (κ1) is 44.7. The predicted molar refractivity (Wildman–Crippen MR) is 211 cm³/mol. The molecule has 2 aromatic rings. The Morgan fingerprint density at radius 2 is 1.25 bits per heavy atom. The summed E-state index contributed by atoms with van der Waals surface area (Å²) in [6.45, 7) is 7.93. The molecule has 2 N–H and O–H groups in total. The molecule has 0 aromatic heterocycles. The highest BCUT2D eigenvalue weighted by molar-refractivity contribution is 5.77. The van der Waals surface area contributed by atoms with Crippen molar-refractivity contribution in [1.82, 2.24) is 10.6 Å². The van der Waals surface area contributed by atoms with Gasteiger partial charge in [0.05, 0.1) is 31.2 Å². The molecule has 1 unspecified atom stereocenters. The van der Waals surface area contributed by atoms with E-state index in [0.29, 0.717) is 39.1 Å². The topological polar surface area (TPSA) is 103 Å². The Hall–Kier alpha value is -3.49. The van der Waals surface area contributed by atoms with E-state index in [1.54, 1.807) is 0 Å². The highest BCUT2D eigenvalue weighted by Crippen LogP contribution is 2.27. The van der Waals surface area contributed by atoms with E-state index in [9.17, 15) is 14.4 Å². The lowest BCUT2D eigenvalue weighted by Gasteiger charge is -2.32. The zero-order valence-corrected chi connectivity index (χ0v) is 32.5. The quantitative estimate of drug-likeness (QED) is 0.0455. The normalized spacial score (nSPS) is 12.1. The van der Waals surface area contributed by atoms with Crippen molar-refractivity contribution in [2.24, 2.45) is 5.41 Å². The van der Waals surface area contributed by atoms with Gasteiger partial charge in [0.25, 0.3) is 0 Å². The molecular weight excluding hydrogens is 652 g/mol. The fourth-order valence-electron chi connectivity index (χ4n) is 5.76. The molecule has 0 spiro atoms. The summed E-state index contributed by atoms with van der Waals surface area (Å²) >= 11 is 0. The maximum atomic E-state index is 13.2. The van der Waals surface area contributed by atoms with Gasteiger partial charge in [-0.1, -0.05) is 131 Å². The fraction of sp³-hybridized carbons (Fsp3) is 0.614. The van der Waals surface area contributed by atoms with Crippen molar-refractivity contribution in [2.45, 2.75) is 143 Å². The summed E-state index contributed by atoms with van der Waals surface area (Å²) in [5.74, 6) is -0.602. The summed E-state index contributed by atoms with van der Waals surface area (Å²) in [4.78, 5) is 37.7. The molecule has 0 aliphatic heterocycles. The summed E-state index contributed by atoms with van der Waals surface area (Å²) in [5, 5.41) is 6.20. The van der Waals surface area contributed by atoms with E-state index in [1.807, 2.05) is 74.5 Å². The monoisotopic (exact) mass is 721 g/mol. The number of hydrogen-bond acceptors (Lipinski definition) is 7. The van der Waals surface area contributed by atoms with Crippen LogP contribution in [0.1, 0.15) is 135 Å². The van der Waals surface area contributed by atoms with Gasteiger partial charge in [0.15, 0.2) is 0 Å². The molecule has 1 atom stereocenters.